The molecular formula is C13H14N2O4. The van der Waals surface area contributed by atoms with Gasteiger partial charge in [-0.25, -0.2) is 9.59 Å². The number of nitrogens with zero attached hydrogens (tertiary/aromatic N) is 1. The van der Waals surface area contributed by atoms with Gasteiger partial charge in [0.25, 0.3) is 0 Å². The summed E-state index contributed by atoms with van der Waals surface area (Å²) in [6, 6.07) is 4.82. The highest BCUT2D eigenvalue weighted by atomic mass is 16.5. The van der Waals surface area contributed by atoms with Gasteiger partial charge in [-0.15, -0.1) is 0 Å². The fourth-order valence-electron chi connectivity index (χ4n) is 2.57. The number of carboxylic acid groups (broad SMARTS) is 1. The number of nitrogens with one attached hydrogen (secondary N) is 1. The van der Waals surface area contributed by atoms with Gasteiger partial charge in [-0.1, -0.05) is 0 Å². The summed E-state index contributed by atoms with van der Waals surface area (Å²) >= 11 is 0. The highest BCUT2D eigenvalue weighted by molar-refractivity contribution is 5.92. The lowest BCUT2D eigenvalue weighted by atomic mass is 10.1. The Kier molecular flexibility index (Phi) is 2.87. The van der Waals surface area contributed by atoms with Gasteiger partial charge in [0.2, 0.25) is 0 Å². The first-order valence-corrected chi connectivity index (χ1v) is 6.22. The van der Waals surface area contributed by atoms with Crippen molar-refractivity contribution >= 4 is 17.0 Å². The fourth-order valence-corrected chi connectivity index (χ4v) is 2.57. The van der Waals surface area contributed by atoms with Crippen LogP contribution in [-0.4, -0.2) is 33.8 Å². The Morgan fingerprint density at radius 1 is 1.37 bits per heavy atom. The molecule has 6 heteroatoms. The number of H-pyrrole nitrogens is 1. The van der Waals surface area contributed by atoms with Crippen molar-refractivity contribution in [1.82, 2.24) is 9.55 Å². The molecule has 0 aliphatic carbocycles. The van der Waals surface area contributed by atoms with Crippen molar-refractivity contribution in [1.29, 1.82) is 0 Å². The van der Waals surface area contributed by atoms with Gasteiger partial charge >= 0.3 is 11.7 Å². The third kappa shape index (κ3) is 2.04. The SMILES string of the molecule is O=C(O)c1ccc2c(c1)[nH]c(=O)n2C1CCOCC1. The van der Waals surface area contributed by atoms with Crippen LogP contribution in [-0.2, 0) is 4.74 Å². The summed E-state index contributed by atoms with van der Waals surface area (Å²) in [6.07, 6.45) is 1.60. The van der Waals surface area contributed by atoms with E-state index in [4.69, 9.17) is 9.84 Å². The molecule has 6 nitrogen and oxygen atoms in total. The third-order valence-corrected chi connectivity index (χ3v) is 3.52. The van der Waals surface area contributed by atoms with Crippen molar-refractivity contribution in [3.05, 3.63) is 34.2 Å². The van der Waals surface area contributed by atoms with E-state index in [1.807, 2.05) is 0 Å². The maximum Gasteiger partial charge on any atom is 0.335 e. The van der Waals surface area contributed by atoms with Crippen molar-refractivity contribution in [2.24, 2.45) is 0 Å². The predicted octanol–water partition coefficient (Wildman–Crippen LogP) is 1.38. The van der Waals surface area contributed by atoms with Crippen LogP contribution >= 0.6 is 0 Å². The second-order valence-electron chi connectivity index (χ2n) is 4.68. The molecule has 1 aliphatic rings. The second-order valence-corrected chi connectivity index (χ2v) is 4.68. The number of hydrogen-bond donors (Lipinski definition) is 2. The summed E-state index contributed by atoms with van der Waals surface area (Å²) in [7, 11) is 0. The molecule has 100 valence electrons. The van der Waals surface area contributed by atoms with E-state index in [1.165, 1.54) is 12.1 Å². The average molecular weight is 262 g/mol. The first kappa shape index (κ1) is 12.0. The number of fused-ring (bicyclic) bond motifs is 1. The Hall–Kier alpha value is -2.08. The van der Waals surface area contributed by atoms with Gasteiger partial charge in [0.05, 0.1) is 16.6 Å². The lowest BCUT2D eigenvalue weighted by Gasteiger charge is -2.23. The maximum absolute atomic E-state index is 12.0. The van der Waals surface area contributed by atoms with Gasteiger partial charge in [-0.05, 0) is 31.0 Å². The van der Waals surface area contributed by atoms with Crippen molar-refractivity contribution in [2.45, 2.75) is 18.9 Å². The zero-order valence-corrected chi connectivity index (χ0v) is 10.3. The topological polar surface area (TPSA) is 84.3 Å². The molecule has 2 N–H and O–H groups in total. The summed E-state index contributed by atoms with van der Waals surface area (Å²) in [6.45, 7) is 1.30. The second kappa shape index (κ2) is 4.55. The van der Waals surface area contributed by atoms with E-state index in [1.54, 1.807) is 10.6 Å². The molecule has 1 aromatic heterocycles. The number of benzene rings is 1. The van der Waals surface area contributed by atoms with Crippen LogP contribution in [0.5, 0.6) is 0 Å². The van der Waals surface area contributed by atoms with Gasteiger partial charge in [-0.2, -0.15) is 0 Å². The van der Waals surface area contributed by atoms with Crippen LogP contribution in [0.25, 0.3) is 11.0 Å². The molecule has 19 heavy (non-hydrogen) atoms. The smallest absolute Gasteiger partial charge is 0.335 e. The molecule has 2 heterocycles. The minimum absolute atomic E-state index is 0.116. The number of imidazole rings is 1. The largest absolute Gasteiger partial charge is 0.478 e. The minimum Gasteiger partial charge on any atom is -0.478 e. The number of ether oxygens (including phenoxy) is 1. The van der Waals surface area contributed by atoms with Gasteiger partial charge in [0.1, 0.15) is 0 Å². The van der Waals surface area contributed by atoms with E-state index in [0.29, 0.717) is 18.7 Å². The molecule has 1 aromatic carbocycles. The molecule has 0 radical (unpaired) electrons. The first-order chi connectivity index (χ1) is 9.16. The summed E-state index contributed by atoms with van der Waals surface area (Å²) in [5.41, 5.74) is 1.30. The standard InChI is InChI=1S/C13H14N2O4/c16-12(17)8-1-2-11-10(7-8)14-13(18)15(11)9-3-5-19-6-4-9/h1-2,7,9H,3-6H2,(H,14,18)(H,16,17). The molecule has 0 saturated carbocycles. The zero-order chi connectivity index (χ0) is 13.4. The van der Waals surface area contributed by atoms with Crippen LogP contribution < -0.4 is 5.69 Å². The summed E-state index contributed by atoms with van der Waals surface area (Å²) in [4.78, 5) is 25.7. The lowest BCUT2D eigenvalue weighted by molar-refractivity contribution is 0.0695. The van der Waals surface area contributed by atoms with E-state index in [0.717, 1.165) is 18.4 Å². The van der Waals surface area contributed by atoms with Crippen molar-refractivity contribution in [3.63, 3.8) is 0 Å². The Morgan fingerprint density at radius 3 is 2.79 bits per heavy atom. The highest BCUT2D eigenvalue weighted by Crippen LogP contribution is 2.24. The van der Waals surface area contributed by atoms with Crippen LogP contribution in [0.15, 0.2) is 23.0 Å². The molecule has 2 aromatic rings. The summed E-state index contributed by atoms with van der Waals surface area (Å²) in [5, 5.41) is 8.95. The number of aromatic nitrogens is 2. The molecule has 0 spiro atoms. The lowest BCUT2D eigenvalue weighted by Crippen LogP contribution is -2.27. The molecule has 3 rings (SSSR count). The number of rotatable bonds is 2. The molecule has 0 amide bonds. The zero-order valence-electron chi connectivity index (χ0n) is 10.3. The Bertz CT molecular complexity index is 679. The van der Waals surface area contributed by atoms with Gasteiger partial charge in [0.15, 0.2) is 0 Å². The van der Waals surface area contributed by atoms with Gasteiger partial charge in [0, 0.05) is 19.3 Å². The quantitative estimate of drug-likeness (QED) is 0.856. The number of hydrogen-bond acceptors (Lipinski definition) is 3. The van der Waals surface area contributed by atoms with Crippen LogP contribution in [0.3, 0.4) is 0 Å². The molecule has 0 bridgehead atoms. The summed E-state index contributed by atoms with van der Waals surface area (Å²) < 4.78 is 7.01. The van der Waals surface area contributed by atoms with Gasteiger partial charge < -0.3 is 14.8 Å². The Balaban J connectivity index is 2.11. The third-order valence-electron chi connectivity index (χ3n) is 3.52. The average Bonchev–Trinajstić information content (AvgIpc) is 2.74. The Morgan fingerprint density at radius 2 is 2.11 bits per heavy atom. The normalized spacial score (nSPS) is 16.8. The van der Waals surface area contributed by atoms with Crippen LogP contribution in [0.4, 0.5) is 0 Å². The highest BCUT2D eigenvalue weighted by Gasteiger charge is 2.20. The van der Waals surface area contributed by atoms with Gasteiger partial charge in [-0.3, -0.25) is 4.57 Å². The summed E-state index contributed by atoms with van der Waals surface area (Å²) in [5.74, 6) is -0.999. The van der Waals surface area contributed by atoms with E-state index in [9.17, 15) is 9.59 Å². The molecule has 1 fully saturated rings. The van der Waals surface area contributed by atoms with Crippen LogP contribution in [0, 0.1) is 0 Å². The minimum atomic E-state index is -0.999. The molecule has 0 atom stereocenters. The van der Waals surface area contributed by atoms with Crippen LogP contribution in [0.1, 0.15) is 29.2 Å². The van der Waals surface area contributed by atoms with E-state index < -0.39 is 5.97 Å². The number of carbonyl (C=O) groups is 1. The van der Waals surface area contributed by atoms with Crippen molar-refractivity contribution < 1.29 is 14.6 Å². The number of aromatic amines is 1. The number of carboxylic acids is 1. The van der Waals surface area contributed by atoms with Crippen molar-refractivity contribution in [3.8, 4) is 0 Å². The molecule has 0 unspecified atom stereocenters. The molecule has 1 saturated heterocycles. The van der Waals surface area contributed by atoms with Crippen molar-refractivity contribution in [2.75, 3.05) is 13.2 Å². The van der Waals surface area contributed by atoms with E-state index in [-0.39, 0.29) is 17.3 Å². The monoisotopic (exact) mass is 262 g/mol. The molecular weight excluding hydrogens is 248 g/mol. The number of aromatic carboxylic acids is 1. The fraction of sp³-hybridized carbons (Fsp3) is 0.385. The maximum atomic E-state index is 12.0. The predicted molar refractivity (Wildman–Crippen MR) is 68.6 cm³/mol. The van der Waals surface area contributed by atoms with Crippen LogP contribution in [0.2, 0.25) is 0 Å². The molecule has 1 aliphatic heterocycles. The van der Waals surface area contributed by atoms with E-state index >= 15 is 0 Å². The Labute approximate surface area is 108 Å². The van der Waals surface area contributed by atoms with E-state index in [2.05, 4.69) is 4.98 Å². The first-order valence-electron chi connectivity index (χ1n) is 6.22.